The van der Waals surface area contributed by atoms with E-state index in [1.807, 2.05) is 6.92 Å². The van der Waals surface area contributed by atoms with Crippen LogP contribution in [0.2, 0.25) is 0 Å². The Kier molecular flexibility index (Phi) is 4.50. The number of carbonyl (C=O) groups excluding carboxylic acids is 1. The molecule has 1 heterocycles. The zero-order chi connectivity index (χ0) is 13.1. The van der Waals surface area contributed by atoms with Crippen molar-refractivity contribution in [2.45, 2.75) is 23.0 Å². The van der Waals surface area contributed by atoms with Crippen LogP contribution in [-0.2, 0) is 0 Å². The summed E-state index contributed by atoms with van der Waals surface area (Å²) in [5.41, 5.74) is 0.372. The molecule has 6 heteroatoms. The molecule has 1 aromatic rings. The molecule has 2 rings (SSSR count). The van der Waals surface area contributed by atoms with Crippen molar-refractivity contribution in [3.8, 4) is 0 Å². The first-order valence-corrected chi connectivity index (χ1v) is 7.49. The molecule has 1 aliphatic heterocycles. The third-order valence-electron chi connectivity index (χ3n) is 2.72. The summed E-state index contributed by atoms with van der Waals surface area (Å²) < 4.78 is 24.9. The van der Waals surface area contributed by atoms with Crippen LogP contribution in [0.3, 0.4) is 0 Å². The van der Waals surface area contributed by atoms with Crippen LogP contribution in [0.4, 0.5) is 8.78 Å². The smallest absolute Gasteiger partial charge is 0.288 e. The minimum absolute atomic E-state index is 0.113. The van der Waals surface area contributed by atoms with Gasteiger partial charge in [-0.15, -0.1) is 11.8 Å². The summed E-state index contributed by atoms with van der Waals surface area (Å²) in [6.07, 6.45) is 0. The Bertz CT molecular complexity index is 442. The Hall–Kier alpha value is -0.750. The highest BCUT2D eigenvalue weighted by atomic mass is 32.2. The van der Waals surface area contributed by atoms with Crippen molar-refractivity contribution < 1.29 is 13.6 Å². The van der Waals surface area contributed by atoms with Gasteiger partial charge in [-0.05, 0) is 19.1 Å². The quantitative estimate of drug-likeness (QED) is 0.794. The standard InChI is InChI=1S/C12H13F2NOS2/c1-8-15(6-7-17-8)11(16)9-4-2-3-5-10(9)18-12(13)14/h2-5,8,12H,6-7H2,1H3. The zero-order valence-electron chi connectivity index (χ0n) is 9.81. The lowest BCUT2D eigenvalue weighted by Crippen LogP contribution is -2.33. The summed E-state index contributed by atoms with van der Waals surface area (Å²) in [6.45, 7) is 2.64. The summed E-state index contributed by atoms with van der Waals surface area (Å²) in [5, 5.41) is 0.113. The highest BCUT2D eigenvalue weighted by molar-refractivity contribution is 8.00. The Morgan fingerprint density at radius 2 is 2.22 bits per heavy atom. The second-order valence-electron chi connectivity index (χ2n) is 3.84. The van der Waals surface area contributed by atoms with Crippen molar-refractivity contribution in [1.29, 1.82) is 0 Å². The molecule has 2 nitrogen and oxygen atoms in total. The van der Waals surface area contributed by atoms with Gasteiger partial charge in [-0.1, -0.05) is 23.9 Å². The van der Waals surface area contributed by atoms with Crippen LogP contribution in [0.1, 0.15) is 17.3 Å². The Labute approximate surface area is 113 Å². The van der Waals surface area contributed by atoms with Crippen LogP contribution >= 0.6 is 23.5 Å². The number of thioether (sulfide) groups is 2. The maximum atomic E-state index is 12.5. The van der Waals surface area contributed by atoms with E-state index in [2.05, 4.69) is 0 Å². The van der Waals surface area contributed by atoms with Gasteiger partial charge in [-0.25, -0.2) is 0 Å². The molecule has 0 spiro atoms. The molecule has 1 unspecified atom stereocenters. The van der Waals surface area contributed by atoms with Gasteiger partial charge in [0.05, 0.1) is 10.9 Å². The summed E-state index contributed by atoms with van der Waals surface area (Å²) in [4.78, 5) is 14.4. The average molecular weight is 289 g/mol. The van der Waals surface area contributed by atoms with E-state index in [4.69, 9.17) is 0 Å². The number of benzene rings is 1. The van der Waals surface area contributed by atoms with E-state index in [1.165, 1.54) is 0 Å². The fourth-order valence-electron chi connectivity index (χ4n) is 1.86. The highest BCUT2D eigenvalue weighted by Crippen LogP contribution is 2.31. The Balaban J connectivity index is 2.24. The molecule has 0 radical (unpaired) electrons. The topological polar surface area (TPSA) is 20.3 Å². The van der Waals surface area contributed by atoms with Gasteiger partial charge >= 0.3 is 0 Å². The van der Waals surface area contributed by atoms with Gasteiger partial charge in [-0.2, -0.15) is 8.78 Å². The molecule has 0 aromatic heterocycles. The van der Waals surface area contributed by atoms with Crippen molar-refractivity contribution >= 4 is 29.4 Å². The Morgan fingerprint density at radius 1 is 1.50 bits per heavy atom. The number of rotatable bonds is 3. The molecule has 98 valence electrons. The van der Waals surface area contributed by atoms with Gasteiger partial charge in [-0.3, -0.25) is 4.79 Å². The van der Waals surface area contributed by atoms with E-state index in [9.17, 15) is 13.6 Å². The number of alkyl halides is 2. The predicted octanol–water partition coefficient (Wildman–Crippen LogP) is 3.54. The van der Waals surface area contributed by atoms with Gasteiger partial charge in [0.25, 0.3) is 11.7 Å². The van der Waals surface area contributed by atoms with Crippen LogP contribution in [-0.4, -0.2) is 34.2 Å². The lowest BCUT2D eigenvalue weighted by atomic mass is 10.2. The zero-order valence-corrected chi connectivity index (χ0v) is 11.4. The minimum atomic E-state index is -2.51. The summed E-state index contributed by atoms with van der Waals surface area (Å²) in [7, 11) is 0. The van der Waals surface area contributed by atoms with Gasteiger partial charge in [0.2, 0.25) is 0 Å². The maximum Gasteiger partial charge on any atom is 0.288 e. The highest BCUT2D eigenvalue weighted by Gasteiger charge is 2.28. The maximum absolute atomic E-state index is 12.5. The second kappa shape index (κ2) is 5.93. The minimum Gasteiger partial charge on any atom is -0.326 e. The van der Waals surface area contributed by atoms with E-state index in [-0.39, 0.29) is 11.3 Å². The number of carbonyl (C=O) groups is 1. The predicted molar refractivity (Wildman–Crippen MR) is 71.3 cm³/mol. The molecular formula is C12H13F2NOS2. The molecule has 1 amide bonds. The summed E-state index contributed by atoms with van der Waals surface area (Å²) >= 11 is 2.12. The second-order valence-corrected chi connectivity index (χ2v) is 6.30. The first-order valence-electron chi connectivity index (χ1n) is 5.56. The molecule has 1 atom stereocenters. The number of nitrogens with zero attached hydrogens (tertiary/aromatic N) is 1. The summed E-state index contributed by atoms with van der Waals surface area (Å²) in [5.74, 6) is -1.77. The SMILES string of the molecule is CC1SCCN1C(=O)c1ccccc1SC(F)F. The van der Waals surface area contributed by atoms with E-state index in [0.29, 0.717) is 28.8 Å². The summed E-state index contributed by atoms with van der Waals surface area (Å²) in [6, 6.07) is 6.56. The molecule has 18 heavy (non-hydrogen) atoms. The molecule has 1 aliphatic rings. The Morgan fingerprint density at radius 3 is 2.83 bits per heavy atom. The van der Waals surface area contributed by atoms with Gasteiger partial charge in [0, 0.05) is 17.2 Å². The number of hydrogen-bond acceptors (Lipinski definition) is 3. The third kappa shape index (κ3) is 2.98. The van der Waals surface area contributed by atoms with E-state index >= 15 is 0 Å². The van der Waals surface area contributed by atoms with Gasteiger partial charge in [0.1, 0.15) is 0 Å². The molecule has 1 aromatic carbocycles. The lowest BCUT2D eigenvalue weighted by molar-refractivity contribution is 0.0765. The number of hydrogen-bond donors (Lipinski definition) is 0. The molecule has 1 saturated heterocycles. The van der Waals surface area contributed by atoms with E-state index < -0.39 is 5.76 Å². The van der Waals surface area contributed by atoms with Crippen molar-refractivity contribution in [1.82, 2.24) is 4.90 Å². The normalized spacial score (nSPS) is 19.6. The molecule has 0 N–H and O–H groups in total. The van der Waals surface area contributed by atoms with Crippen molar-refractivity contribution in [3.63, 3.8) is 0 Å². The molecular weight excluding hydrogens is 276 g/mol. The van der Waals surface area contributed by atoms with Crippen LogP contribution < -0.4 is 0 Å². The van der Waals surface area contributed by atoms with E-state index in [0.717, 1.165) is 5.75 Å². The monoisotopic (exact) mass is 289 g/mol. The van der Waals surface area contributed by atoms with Gasteiger partial charge < -0.3 is 4.90 Å². The molecule has 0 aliphatic carbocycles. The van der Waals surface area contributed by atoms with Crippen LogP contribution in [0.15, 0.2) is 29.2 Å². The first kappa shape index (κ1) is 13.7. The molecule has 0 saturated carbocycles. The fourth-order valence-corrected chi connectivity index (χ4v) is 3.51. The first-order chi connectivity index (χ1) is 8.59. The van der Waals surface area contributed by atoms with Crippen LogP contribution in [0.5, 0.6) is 0 Å². The van der Waals surface area contributed by atoms with E-state index in [1.54, 1.807) is 40.9 Å². The molecule has 0 bridgehead atoms. The van der Waals surface area contributed by atoms with Crippen molar-refractivity contribution in [2.75, 3.05) is 12.3 Å². The van der Waals surface area contributed by atoms with Crippen molar-refractivity contribution in [3.05, 3.63) is 29.8 Å². The van der Waals surface area contributed by atoms with Gasteiger partial charge in [0.15, 0.2) is 0 Å². The average Bonchev–Trinajstić information content (AvgIpc) is 2.74. The third-order valence-corrected chi connectivity index (χ3v) is 4.67. The fraction of sp³-hybridized carbons (Fsp3) is 0.417. The van der Waals surface area contributed by atoms with Crippen LogP contribution in [0, 0.1) is 0 Å². The lowest BCUT2D eigenvalue weighted by Gasteiger charge is -2.21. The largest absolute Gasteiger partial charge is 0.326 e. The molecule has 1 fully saturated rings. The number of halogens is 2. The van der Waals surface area contributed by atoms with Crippen LogP contribution in [0.25, 0.3) is 0 Å². The van der Waals surface area contributed by atoms with Crippen molar-refractivity contribution in [2.24, 2.45) is 0 Å². The number of amides is 1.